The van der Waals surface area contributed by atoms with Gasteiger partial charge < -0.3 is 19.7 Å². The Bertz CT molecular complexity index is 702. The maximum absolute atomic E-state index is 13.1. The van der Waals surface area contributed by atoms with E-state index in [0.717, 1.165) is 50.2 Å². The number of aromatic nitrogens is 3. The molecule has 1 aromatic heterocycles. The standard InChI is InChI=1S/C17H24FN7/c1-3-23-13-21-22-16(23)12-20-17(19-2)25-10-8-24(9-11-25)15-6-4-14(18)5-7-15/h4-7,13H,3,8-12H2,1-2H3,(H,19,20). The zero-order chi connectivity index (χ0) is 17.6. The molecule has 0 saturated carbocycles. The van der Waals surface area contributed by atoms with Crippen LogP contribution >= 0.6 is 0 Å². The molecule has 1 aromatic carbocycles. The van der Waals surface area contributed by atoms with Crippen LogP contribution in [-0.2, 0) is 13.1 Å². The second kappa shape index (κ2) is 7.96. The molecule has 0 bridgehead atoms. The van der Waals surface area contributed by atoms with Gasteiger partial charge in [-0.05, 0) is 31.2 Å². The van der Waals surface area contributed by atoms with Crippen LogP contribution in [0.15, 0.2) is 35.6 Å². The van der Waals surface area contributed by atoms with Crippen LogP contribution in [0.5, 0.6) is 0 Å². The molecule has 8 heteroatoms. The van der Waals surface area contributed by atoms with Gasteiger partial charge in [0.1, 0.15) is 12.1 Å². The van der Waals surface area contributed by atoms with Gasteiger partial charge in [0, 0.05) is 45.5 Å². The smallest absolute Gasteiger partial charge is 0.194 e. The van der Waals surface area contributed by atoms with Crippen molar-refractivity contribution in [1.82, 2.24) is 25.0 Å². The summed E-state index contributed by atoms with van der Waals surface area (Å²) in [4.78, 5) is 8.87. The number of benzene rings is 1. The number of rotatable bonds is 4. The minimum absolute atomic E-state index is 0.202. The number of nitrogens with one attached hydrogen (secondary N) is 1. The Balaban J connectivity index is 1.54. The highest BCUT2D eigenvalue weighted by Gasteiger charge is 2.20. The molecular weight excluding hydrogens is 321 g/mol. The molecule has 2 heterocycles. The summed E-state index contributed by atoms with van der Waals surface area (Å²) in [6.45, 7) is 6.97. The highest BCUT2D eigenvalue weighted by atomic mass is 19.1. The number of guanidine groups is 1. The second-order valence-corrected chi connectivity index (χ2v) is 5.88. The average Bonchev–Trinajstić information content (AvgIpc) is 3.11. The fraction of sp³-hybridized carbons (Fsp3) is 0.471. The lowest BCUT2D eigenvalue weighted by molar-refractivity contribution is 0.371. The molecule has 1 N–H and O–H groups in total. The molecule has 1 aliphatic rings. The third-order valence-corrected chi connectivity index (χ3v) is 4.42. The number of aliphatic imine (C=N–C) groups is 1. The number of piperazine rings is 1. The van der Waals surface area contributed by atoms with Gasteiger partial charge in [-0.15, -0.1) is 10.2 Å². The molecule has 2 aromatic rings. The van der Waals surface area contributed by atoms with Gasteiger partial charge in [0.15, 0.2) is 11.8 Å². The SMILES string of the molecule is CCn1cnnc1CNC(=NC)N1CCN(c2ccc(F)cc2)CC1. The van der Waals surface area contributed by atoms with Crippen LogP contribution in [-0.4, -0.2) is 58.9 Å². The normalized spacial score (nSPS) is 15.6. The van der Waals surface area contributed by atoms with Crippen molar-refractivity contribution in [3.8, 4) is 0 Å². The highest BCUT2D eigenvalue weighted by Crippen LogP contribution is 2.17. The number of anilines is 1. The van der Waals surface area contributed by atoms with Crippen molar-refractivity contribution in [2.24, 2.45) is 4.99 Å². The number of hydrogen-bond donors (Lipinski definition) is 1. The van der Waals surface area contributed by atoms with Gasteiger partial charge in [-0.1, -0.05) is 0 Å². The first kappa shape index (κ1) is 17.2. The quantitative estimate of drug-likeness (QED) is 0.669. The van der Waals surface area contributed by atoms with Gasteiger partial charge in [-0.25, -0.2) is 4.39 Å². The Morgan fingerprint density at radius 1 is 1.20 bits per heavy atom. The van der Waals surface area contributed by atoms with Gasteiger partial charge >= 0.3 is 0 Å². The first-order valence-electron chi connectivity index (χ1n) is 8.54. The van der Waals surface area contributed by atoms with E-state index in [1.54, 1.807) is 13.4 Å². The lowest BCUT2D eigenvalue weighted by Crippen LogP contribution is -2.52. The van der Waals surface area contributed by atoms with Crippen LogP contribution in [0.4, 0.5) is 10.1 Å². The largest absolute Gasteiger partial charge is 0.368 e. The Labute approximate surface area is 147 Å². The van der Waals surface area contributed by atoms with Crippen molar-refractivity contribution < 1.29 is 4.39 Å². The van der Waals surface area contributed by atoms with Gasteiger partial charge in [-0.2, -0.15) is 0 Å². The molecule has 1 fully saturated rings. The van der Waals surface area contributed by atoms with Crippen molar-refractivity contribution in [3.05, 3.63) is 42.2 Å². The molecule has 0 atom stereocenters. The van der Waals surface area contributed by atoms with Crippen molar-refractivity contribution in [1.29, 1.82) is 0 Å². The Morgan fingerprint density at radius 2 is 1.92 bits per heavy atom. The number of nitrogens with zero attached hydrogens (tertiary/aromatic N) is 6. The zero-order valence-electron chi connectivity index (χ0n) is 14.7. The molecule has 0 radical (unpaired) electrons. The minimum atomic E-state index is -0.202. The molecule has 134 valence electrons. The van der Waals surface area contributed by atoms with Crippen molar-refractivity contribution in [2.75, 3.05) is 38.1 Å². The summed E-state index contributed by atoms with van der Waals surface area (Å²) < 4.78 is 15.1. The molecule has 1 saturated heterocycles. The molecule has 0 amide bonds. The molecule has 7 nitrogen and oxygen atoms in total. The Morgan fingerprint density at radius 3 is 2.56 bits per heavy atom. The van der Waals surface area contributed by atoms with Crippen LogP contribution in [0.1, 0.15) is 12.7 Å². The van der Waals surface area contributed by atoms with E-state index in [-0.39, 0.29) is 5.82 Å². The Kier molecular flexibility index (Phi) is 5.47. The second-order valence-electron chi connectivity index (χ2n) is 5.88. The molecule has 25 heavy (non-hydrogen) atoms. The number of aryl methyl sites for hydroxylation is 1. The van der Waals surface area contributed by atoms with E-state index >= 15 is 0 Å². The fourth-order valence-electron chi connectivity index (χ4n) is 3.00. The number of hydrogen-bond acceptors (Lipinski definition) is 4. The van der Waals surface area contributed by atoms with E-state index in [4.69, 9.17) is 0 Å². The summed E-state index contributed by atoms with van der Waals surface area (Å²) in [7, 11) is 1.79. The van der Waals surface area contributed by atoms with Gasteiger partial charge in [0.2, 0.25) is 0 Å². The van der Waals surface area contributed by atoms with E-state index < -0.39 is 0 Å². The van der Waals surface area contributed by atoms with Crippen molar-refractivity contribution in [2.45, 2.75) is 20.0 Å². The summed E-state index contributed by atoms with van der Waals surface area (Å²) >= 11 is 0. The monoisotopic (exact) mass is 345 g/mol. The van der Waals surface area contributed by atoms with Crippen molar-refractivity contribution >= 4 is 11.6 Å². The molecule has 0 spiro atoms. The molecule has 0 unspecified atom stereocenters. The van der Waals surface area contributed by atoms with Crippen LogP contribution in [0.3, 0.4) is 0 Å². The van der Waals surface area contributed by atoms with Crippen LogP contribution in [0.25, 0.3) is 0 Å². The fourth-order valence-corrected chi connectivity index (χ4v) is 3.00. The summed E-state index contributed by atoms with van der Waals surface area (Å²) in [5, 5.41) is 11.4. The third kappa shape index (κ3) is 4.07. The minimum Gasteiger partial charge on any atom is -0.368 e. The van der Waals surface area contributed by atoms with E-state index in [1.165, 1.54) is 12.1 Å². The number of halogens is 1. The highest BCUT2D eigenvalue weighted by molar-refractivity contribution is 5.80. The summed E-state index contributed by atoms with van der Waals surface area (Å²) in [6, 6.07) is 6.67. The van der Waals surface area contributed by atoms with Crippen molar-refractivity contribution in [3.63, 3.8) is 0 Å². The maximum atomic E-state index is 13.1. The van der Waals surface area contributed by atoms with Crippen LogP contribution < -0.4 is 10.2 Å². The summed E-state index contributed by atoms with van der Waals surface area (Å²) in [5.74, 6) is 1.56. The first-order valence-corrected chi connectivity index (χ1v) is 8.54. The molecular formula is C17H24FN7. The van der Waals surface area contributed by atoms with E-state index in [2.05, 4.69) is 37.2 Å². The lowest BCUT2D eigenvalue weighted by atomic mass is 10.2. The van der Waals surface area contributed by atoms with Crippen LogP contribution in [0.2, 0.25) is 0 Å². The summed E-state index contributed by atoms with van der Waals surface area (Å²) in [5.41, 5.74) is 1.06. The van der Waals surface area contributed by atoms with Gasteiger partial charge in [0.25, 0.3) is 0 Å². The molecule has 1 aliphatic heterocycles. The van der Waals surface area contributed by atoms with E-state index in [1.807, 2.05) is 16.7 Å². The zero-order valence-corrected chi connectivity index (χ0v) is 14.7. The first-order chi connectivity index (χ1) is 12.2. The maximum Gasteiger partial charge on any atom is 0.194 e. The van der Waals surface area contributed by atoms with E-state index in [9.17, 15) is 4.39 Å². The lowest BCUT2D eigenvalue weighted by Gasteiger charge is -2.37. The van der Waals surface area contributed by atoms with Crippen LogP contribution in [0, 0.1) is 5.82 Å². The topological polar surface area (TPSA) is 61.6 Å². The predicted octanol–water partition coefficient (Wildman–Crippen LogP) is 1.33. The van der Waals surface area contributed by atoms with E-state index in [0.29, 0.717) is 6.54 Å². The third-order valence-electron chi connectivity index (χ3n) is 4.42. The van der Waals surface area contributed by atoms with Gasteiger partial charge in [0.05, 0.1) is 6.54 Å². The Hall–Kier alpha value is -2.64. The molecule has 3 rings (SSSR count). The average molecular weight is 345 g/mol. The molecule has 0 aliphatic carbocycles. The van der Waals surface area contributed by atoms with Gasteiger partial charge in [-0.3, -0.25) is 4.99 Å². The predicted molar refractivity (Wildman–Crippen MR) is 96.1 cm³/mol. The summed E-state index contributed by atoms with van der Waals surface area (Å²) in [6.07, 6.45) is 1.74.